The first-order chi connectivity index (χ1) is 15.1. The Balaban J connectivity index is 1.91. The molecule has 3 N–H and O–H groups in total. The number of halogens is 6. The quantitative estimate of drug-likeness (QED) is 0.521. The van der Waals surface area contributed by atoms with E-state index in [1.807, 2.05) is 4.90 Å². The first-order valence-corrected chi connectivity index (χ1v) is 10.3. The van der Waals surface area contributed by atoms with E-state index in [-0.39, 0.29) is 37.6 Å². The van der Waals surface area contributed by atoms with Gasteiger partial charge in [0.05, 0.1) is 29.8 Å². The lowest BCUT2D eigenvalue weighted by atomic mass is 9.96. The predicted molar refractivity (Wildman–Crippen MR) is 107 cm³/mol. The van der Waals surface area contributed by atoms with Crippen molar-refractivity contribution in [2.24, 2.45) is 5.92 Å². The van der Waals surface area contributed by atoms with E-state index in [1.165, 1.54) is 0 Å². The smallest absolute Gasteiger partial charge is 0.394 e. The van der Waals surface area contributed by atoms with Crippen LogP contribution in [0.3, 0.4) is 0 Å². The molecule has 1 heterocycles. The second-order valence-electron chi connectivity index (χ2n) is 8.81. The number of piperidine rings is 1. The van der Waals surface area contributed by atoms with Crippen molar-refractivity contribution in [1.82, 2.24) is 15.5 Å². The third kappa shape index (κ3) is 8.18. The van der Waals surface area contributed by atoms with Gasteiger partial charge >= 0.3 is 12.4 Å². The molecule has 0 unspecified atom stereocenters. The van der Waals surface area contributed by atoms with Crippen LogP contribution in [0.5, 0.6) is 0 Å². The highest BCUT2D eigenvalue weighted by atomic mass is 19.4. The molecular formula is C21H27F6N3O3. The summed E-state index contributed by atoms with van der Waals surface area (Å²) in [5.41, 5.74) is -4.54. The van der Waals surface area contributed by atoms with Gasteiger partial charge in [-0.25, -0.2) is 0 Å². The van der Waals surface area contributed by atoms with Gasteiger partial charge in [-0.05, 0) is 63.9 Å². The number of rotatable bonds is 7. The molecule has 0 aromatic heterocycles. The van der Waals surface area contributed by atoms with Crippen LogP contribution in [0.2, 0.25) is 0 Å². The fourth-order valence-corrected chi connectivity index (χ4v) is 3.43. The first kappa shape index (κ1) is 26.9. The van der Waals surface area contributed by atoms with Gasteiger partial charge in [0.25, 0.3) is 5.91 Å². The second-order valence-corrected chi connectivity index (χ2v) is 8.81. The van der Waals surface area contributed by atoms with Crippen molar-refractivity contribution in [3.05, 3.63) is 34.9 Å². The number of carbonyl (C=O) groups excluding carboxylic acids is 2. The molecule has 0 saturated carbocycles. The molecule has 0 radical (unpaired) electrons. The van der Waals surface area contributed by atoms with Crippen LogP contribution in [-0.4, -0.2) is 60.1 Å². The third-order valence-corrected chi connectivity index (χ3v) is 5.35. The number of hydrogen-bond donors (Lipinski definition) is 3. The van der Waals surface area contributed by atoms with Crippen molar-refractivity contribution in [2.75, 3.05) is 32.8 Å². The van der Waals surface area contributed by atoms with E-state index < -0.39 is 40.5 Å². The van der Waals surface area contributed by atoms with E-state index >= 15 is 0 Å². The Morgan fingerprint density at radius 3 is 1.97 bits per heavy atom. The summed E-state index contributed by atoms with van der Waals surface area (Å²) in [5, 5.41) is 14.3. The van der Waals surface area contributed by atoms with Gasteiger partial charge in [0.15, 0.2) is 0 Å². The normalized spacial score (nSPS) is 16.5. The number of hydrogen-bond acceptors (Lipinski definition) is 4. The molecule has 2 amide bonds. The Bertz CT molecular complexity index is 814. The zero-order chi connectivity index (χ0) is 25.0. The molecule has 1 saturated heterocycles. The number of aliphatic hydroxyl groups is 1. The number of benzene rings is 1. The minimum atomic E-state index is -5.03. The number of likely N-dealkylation sites (tertiary alicyclic amines) is 1. The molecule has 1 aromatic carbocycles. The molecule has 0 aliphatic carbocycles. The number of carbonyl (C=O) groups is 2. The molecule has 1 aliphatic rings. The third-order valence-electron chi connectivity index (χ3n) is 5.35. The first-order valence-electron chi connectivity index (χ1n) is 10.3. The van der Waals surface area contributed by atoms with Crippen LogP contribution in [0.1, 0.15) is 48.2 Å². The van der Waals surface area contributed by atoms with Crippen LogP contribution in [0, 0.1) is 5.92 Å². The Hall–Kier alpha value is -2.34. The minimum absolute atomic E-state index is 0.0235. The summed E-state index contributed by atoms with van der Waals surface area (Å²) in [4.78, 5) is 26.2. The molecule has 0 spiro atoms. The minimum Gasteiger partial charge on any atom is -0.394 e. The highest BCUT2D eigenvalue weighted by molar-refractivity contribution is 5.94. The molecular weight excluding hydrogens is 456 g/mol. The van der Waals surface area contributed by atoms with Crippen molar-refractivity contribution in [3.8, 4) is 0 Å². The van der Waals surface area contributed by atoms with Gasteiger partial charge < -0.3 is 15.7 Å². The van der Waals surface area contributed by atoms with Gasteiger partial charge in [-0.3, -0.25) is 14.5 Å². The molecule has 6 nitrogen and oxygen atoms in total. The standard InChI is InChI=1S/C21H27F6N3O3/c1-19(2,12-31)29-17(32)11-30-5-3-13(4-6-30)10-28-18(33)14-7-15(20(22,23)24)9-16(8-14)21(25,26)27/h7-9,13,31H,3-6,10-12H2,1-2H3,(H,28,33)(H,29,32). The predicted octanol–water partition coefficient (Wildman–Crippen LogP) is 3.05. The molecule has 1 aliphatic heterocycles. The van der Waals surface area contributed by atoms with Crippen LogP contribution in [0.4, 0.5) is 26.3 Å². The summed E-state index contributed by atoms with van der Waals surface area (Å²) in [6, 6.07) is 0.781. The molecule has 2 rings (SSSR count). The van der Waals surface area contributed by atoms with E-state index in [2.05, 4.69) is 10.6 Å². The molecule has 1 aromatic rings. The van der Waals surface area contributed by atoms with Gasteiger partial charge in [-0.15, -0.1) is 0 Å². The Morgan fingerprint density at radius 2 is 1.52 bits per heavy atom. The number of alkyl halides is 6. The summed E-state index contributed by atoms with van der Waals surface area (Å²) in [6.45, 7) is 4.45. The molecule has 186 valence electrons. The molecule has 0 bridgehead atoms. The summed E-state index contributed by atoms with van der Waals surface area (Å²) < 4.78 is 77.8. The molecule has 33 heavy (non-hydrogen) atoms. The summed E-state index contributed by atoms with van der Waals surface area (Å²) in [7, 11) is 0. The monoisotopic (exact) mass is 483 g/mol. The van der Waals surface area contributed by atoms with Gasteiger partial charge in [0, 0.05) is 12.1 Å². The van der Waals surface area contributed by atoms with Crippen LogP contribution >= 0.6 is 0 Å². The largest absolute Gasteiger partial charge is 0.416 e. The number of aliphatic hydroxyl groups excluding tert-OH is 1. The van der Waals surface area contributed by atoms with Crippen molar-refractivity contribution in [2.45, 2.75) is 44.6 Å². The Morgan fingerprint density at radius 1 is 1.00 bits per heavy atom. The fraction of sp³-hybridized carbons (Fsp3) is 0.619. The molecule has 0 atom stereocenters. The zero-order valence-corrected chi connectivity index (χ0v) is 18.2. The maximum Gasteiger partial charge on any atom is 0.416 e. The maximum absolute atomic E-state index is 13.0. The van der Waals surface area contributed by atoms with Gasteiger partial charge in [-0.1, -0.05) is 0 Å². The van der Waals surface area contributed by atoms with Crippen LogP contribution in [0.25, 0.3) is 0 Å². The summed E-state index contributed by atoms with van der Waals surface area (Å²) >= 11 is 0. The topological polar surface area (TPSA) is 81.7 Å². The van der Waals surface area contributed by atoms with Crippen LogP contribution < -0.4 is 10.6 Å². The lowest BCUT2D eigenvalue weighted by Gasteiger charge is -2.32. The van der Waals surface area contributed by atoms with Crippen molar-refractivity contribution >= 4 is 11.8 Å². The fourth-order valence-electron chi connectivity index (χ4n) is 3.43. The maximum atomic E-state index is 13.0. The SMILES string of the molecule is CC(C)(CO)NC(=O)CN1CCC(CNC(=O)c2cc(C(F)(F)F)cc(C(F)(F)F)c2)CC1. The summed E-state index contributed by atoms with van der Waals surface area (Å²) in [5.74, 6) is -1.29. The highest BCUT2D eigenvalue weighted by Gasteiger charge is 2.37. The second kappa shape index (κ2) is 10.3. The van der Waals surface area contributed by atoms with E-state index in [4.69, 9.17) is 0 Å². The Labute approximate surface area is 187 Å². The average molecular weight is 483 g/mol. The van der Waals surface area contributed by atoms with Crippen LogP contribution in [0.15, 0.2) is 18.2 Å². The van der Waals surface area contributed by atoms with Crippen molar-refractivity contribution in [3.63, 3.8) is 0 Å². The highest BCUT2D eigenvalue weighted by Crippen LogP contribution is 2.36. The van der Waals surface area contributed by atoms with Gasteiger partial charge in [-0.2, -0.15) is 26.3 Å². The number of nitrogens with one attached hydrogen (secondary N) is 2. The average Bonchev–Trinajstić information content (AvgIpc) is 2.71. The molecule has 1 fully saturated rings. The van der Waals surface area contributed by atoms with Gasteiger partial charge in [0.2, 0.25) is 5.91 Å². The Kier molecular flexibility index (Phi) is 8.39. The van der Waals surface area contributed by atoms with Crippen LogP contribution in [-0.2, 0) is 17.1 Å². The number of amides is 2. The van der Waals surface area contributed by atoms with E-state index in [1.54, 1.807) is 13.8 Å². The number of nitrogens with zero attached hydrogens (tertiary/aromatic N) is 1. The van der Waals surface area contributed by atoms with Crippen molar-refractivity contribution < 1.29 is 41.0 Å². The molecule has 12 heteroatoms. The van der Waals surface area contributed by atoms with Crippen molar-refractivity contribution in [1.29, 1.82) is 0 Å². The summed E-state index contributed by atoms with van der Waals surface area (Å²) in [6.07, 6.45) is -8.87. The van der Waals surface area contributed by atoms with E-state index in [0.717, 1.165) is 0 Å². The van der Waals surface area contributed by atoms with E-state index in [9.17, 15) is 41.0 Å². The van der Waals surface area contributed by atoms with Gasteiger partial charge in [0.1, 0.15) is 0 Å². The lowest BCUT2D eigenvalue weighted by Crippen LogP contribution is -2.51. The van der Waals surface area contributed by atoms with E-state index in [0.29, 0.717) is 38.1 Å². The zero-order valence-electron chi connectivity index (χ0n) is 18.2. The lowest BCUT2D eigenvalue weighted by molar-refractivity contribution is -0.143.